The Balaban J connectivity index is 1.94. The van der Waals surface area contributed by atoms with Crippen molar-refractivity contribution in [1.29, 1.82) is 0 Å². The van der Waals surface area contributed by atoms with Crippen molar-refractivity contribution < 1.29 is 0 Å². The third kappa shape index (κ3) is 3.82. The van der Waals surface area contributed by atoms with E-state index < -0.39 is 0 Å². The van der Waals surface area contributed by atoms with Crippen LogP contribution in [-0.4, -0.2) is 29.2 Å². The number of rotatable bonds is 4. The molecule has 5 heteroatoms. The number of anilines is 1. The van der Waals surface area contributed by atoms with E-state index in [2.05, 4.69) is 15.6 Å². The normalized spacial score (nSPS) is 19.9. The highest BCUT2D eigenvalue weighted by Gasteiger charge is 2.17. The SMILES string of the molecule is CC(C)(C)n1ccnc(NCCC2CCCNC2)c1=O. The second-order valence-corrected chi connectivity index (χ2v) is 6.55. The average Bonchev–Trinajstić information content (AvgIpc) is 2.40. The number of hydrogen-bond donors (Lipinski definition) is 2. The van der Waals surface area contributed by atoms with Gasteiger partial charge in [0.25, 0.3) is 5.56 Å². The summed E-state index contributed by atoms with van der Waals surface area (Å²) in [6.45, 7) is 9.10. The molecule has 0 aliphatic carbocycles. The fourth-order valence-corrected chi connectivity index (χ4v) is 2.63. The van der Waals surface area contributed by atoms with Gasteiger partial charge in [-0.3, -0.25) is 4.79 Å². The van der Waals surface area contributed by atoms with Gasteiger partial charge in [-0.25, -0.2) is 4.98 Å². The minimum Gasteiger partial charge on any atom is -0.365 e. The molecular formula is C15H26N4O. The van der Waals surface area contributed by atoms with Crippen molar-refractivity contribution in [3.63, 3.8) is 0 Å². The molecular weight excluding hydrogens is 252 g/mol. The minimum absolute atomic E-state index is 0.0400. The summed E-state index contributed by atoms with van der Waals surface area (Å²) in [5.74, 6) is 1.18. The highest BCUT2D eigenvalue weighted by atomic mass is 16.1. The molecule has 1 fully saturated rings. The maximum Gasteiger partial charge on any atom is 0.293 e. The van der Waals surface area contributed by atoms with Crippen molar-refractivity contribution in [3.05, 3.63) is 22.7 Å². The molecule has 1 aliphatic heterocycles. The van der Waals surface area contributed by atoms with Crippen LogP contribution in [0.4, 0.5) is 5.82 Å². The van der Waals surface area contributed by atoms with Crippen LogP contribution in [0.15, 0.2) is 17.2 Å². The number of nitrogens with one attached hydrogen (secondary N) is 2. The summed E-state index contributed by atoms with van der Waals surface area (Å²) in [6, 6.07) is 0. The Bertz CT molecular complexity index is 483. The first-order valence-corrected chi connectivity index (χ1v) is 7.51. The molecule has 1 aromatic heterocycles. The minimum atomic E-state index is -0.219. The average molecular weight is 278 g/mol. The monoisotopic (exact) mass is 278 g/mol. The van der Waals surface area contributed by atoms with E-state index in [4.69, 9.17) is 0 Å². The first-order valence-electron chi connectivity index (χ1n) is 7.51. The molecule has 0 radical (unpaired) electrons. The van der Waals surface area contributed by atoms with E-state index in [-0.39, 0.29) is 11.1 Å². The van der Waals surface area contributed by atoms with Crippen LogP contribution in [0.3, 0.4) is 0 Å². The van der Waals surface area contributed by atoms with Crippen LogP contribution in [0, 0.1) is 5.92 Å². The molecule has 1 saturated heterocycles. The second-order valence-electron chi connectivity index (χ2n) is 6.55. The van der Waals surface area contributed by atoms with E-state index in [1.54, 1.807) is 17.0 Å². The topological polar surface area (TPSA) is 59.0 Å². The van der Waals surface area contributed by atoms with E-state index in [0.29, 0.717) is 11.7 Å². The molecule has 112 valence electrons. The zero-order chi connectivity index (χ0) is 14.6. The van der Waals surface area contributed by atoms with Crippen molar-refractivity contribution in [1.82, 2.24) is 14.9 Å². The lowest BCUT2D eigenvalue weighted by molar-refractivity contribution is 0.364. The smallest absolute Gasteiger partial charge is 0.293 e. The van der Waals surface area contributed by atoms with Crippen LogP contribution in [-0.2, 0) is 5.54 Å². The highest BCUT2D eigenvalue weighted by molar-refractivity contribution is 5.31. The van der Waals surface area contributed by atoms with E-state index in [0.717, 1.165) is 26.1 Å². The van der Waals surface area contributed by atoms with Crippen LogP contribution < -0.4 is 16.2 Å². The number of piperidine rings is 1. The van der Waals surface area contributed by atoms with Crippen molar-refractivity contribution >= 4 is 5.82 Å². The molecule has 1 unspecified atom stereocenters. The molecule has 0 amide bonds. The van der Waals surface area contributed by atoms with Gasteiger partial charge in [-0.1, -0.05) is 0 Å². The first kappa shape index (κ1) is 15.0. The first-order chi connectivity index (χ1) is 9.48. The fourth-order valence-electron chi connectivity index (χ4n) is 2.63. The molecule has 0 aromatic carbocycles. The van der Waals surface area contributed by atoms with Crippen molar-refractivity contribution in [3.8, 4) is 0 Å². The third-order valence-electron chi connectivity index (χ3n) is 3.81. The third-order valence-corrected chi connectivity index (χ3v) is 3.81. The van der Waals surface area contributed by atoms with E-state index in [1.807, 2.05) is 20.8 Å². The number of nitrogens with zero attached hydrogens (tertiary/aromatic N) is 2. The standard InChI is InChI=1S/C15H26N4O/c1-15(2,3)19-10-9-18-13(14(19)20)17-8-6-12-5-4-7-16-11-12/h9-10,12,16H,4-8,11H2,1-3H3,(H,17,18). The zero-order valence-corrected chi connectivity index (χ0v) is 12.8. The van der Waals surface area contributed by atoms with E-state index in [9.17, 15) is 4.79 Å². The molecule has 2 heterocycles. The van der Waals surface area contributed by atoms with Gasteiger partial charge < -0.3 is 15.2 Å². The number of hydrogen-bond acceptors (Lipinski definition) is 4. The van der Waals surface area contributed by atoms with Crippen LogP contribution in [0.2, 0.25) is 0 Å². The predicted octanol–water partition coefficient (Wildman–Crippen LogP) is 1.80. The van der Waals surface area contributed by atoms with Crippen molar-refractivity contribution in [2.45, 2.75) is 45.6 Å². The summed E-state index contributed by atoms with van der Waals surface area (Å²) < 4.78 is 1.73. The van der Waals surface area contributed by atoms with E-state index >= 15 is 0 Å². The van der Waals surface area contributed by atoms with Gasteiger partial charge in [0, 0.05) is 24.5 Å². The Morgan fingerprint density at radius 3 is 2.95 bits per heavy atom. The van der Waals surface area contributed by atoms with Crippen LogP contribution >= 0.6 is 0 Å². The molecule has 1 aromatic rings. The van der Waals surface area contributed by atoms with Crippen LogP contribution in [0.1, 0.15) is 40.0 Å². The van der Waals surface area contributed by atoms with Gasteiger partial charge >= 0.3 is 0 Å². The molecule has 5 nitrogen and oxygen atoms in total. The zero-order valence-electron chi connectivity index (χ0n) is 12.8. The molecule has 1 atom stereocenters. The van der Waals surface area contributed by atoms with Gasteiger partial charge in [0.05, 0.1) is 0 Å². The molecule has 2 N–H and O–H groups in total. The lowest BCUT2D eigenvalue weighted by atomic mass is 9.96. The quantitative estimate of drug-likeness (QED) is 0.882. The Morgan fingerprint density at radius 2 is 2.30 bits per heavy atom. The summed E-state index contributed by atoms with van der Waals surface area (Å²) >= 11 is 0. The summed E-state index contributed by atoms with van der Waals surface area (Å²) in [6.07, 6.45) is 7.06. The highest BCUT2D eigenvalue weighted by Crippen LogP contribution is 2.14. The van der Waals surface area contributed by atoms with Gasteiger partial charge in [0.2, 0.25) is 0 Å². The Kier molecular flexibility index (Phi) is 4.81. The van der Waals surface area contributed by atoms with E-state index in [1.165, 1.54) is 12.8 Å². The molecule has 0 spiro atoms. The number of aromatic nitrogens is 2. The molecule has 2 rings (SSSR count). The van der Waals surface area contributed by atoms with Gasteiger partial charge in [-0.05, 0) is 59.0 Å². The molecule has 0 bridgehead atoms. The van der Waals surface area contributed by atoms with Crippen molar-refractivity contribution in [2.24, 2.45) is 5.92 Å². The second kappa shape index (κ2) is 6.39. The van der Waals surface area contributed by atoms with Crippen molar-refractivity contribution in [2.75, 3.05) is 25.0 Å². The van der Waals surface area contributed by atoms with Gasteiger partial charge in [-0.15, -0.1) is 0 Å². The Labute approximate surface area is 120 Å². The summed E-state index contributed by atoms with van der Waals surface area (Å²) in [5, 5.41) is 6.62. The molecule has 20 heavy (non-hydrogen) atoms. The maximum atomic E-state index is 12.3. The molecule has 0 saturated carbocycles. The summed E-state index contributed by atoms with van der Waals surface area (Å²) in [5.41, 5.74) is -0.259. The van der Waals surface area contributed by atoms with Gasteiger partial charge in [-0.2, -0.15) is 0 Å². The van der Waals surface area contributed by atoms with Gasteiger partial charge in [0.15, 0.2) is 5.82 Å². The van der Waals surface area contributed by atoms with Crippen LogP contribution in [0.25, 0.3) is 0 Å². The maximum absolute atomic E-state index is 12.3. The molecule has 1 aliphatic rings. The fraction of sp³-hybridized carbons (Fsp3) is 0.733. The van der Waals surface area contributed by atoms with Crippen LogP contribution in [0.5, 0.6) is 0 Å². The lowest BCUT2D eigenvalue weighted by Gasteiger charge is -2.24. The predicted molar refractivity (Wildman–Crippen MR) is 82.2 cm³/mol. The lowest BCUT2D eigenvalue weighted by Crippen LogP contribution is -2.35. The summed E-state index contributed by atoms with van der Waals surface area (Å²) in [7, 11) is 0. The Hall–Kier alpha value is -1.36. The van der Waals surface area contributed by atoms with Gasteiger partial charge in [0.1, 0.15) is 0 Å². The Morgan fingerprint density at radius 1 is 1.50 bits per heavy atom. The summed E-state index contributed by atoms with van der Waals surface area (Å²) in [4.78, 5) is 16.5. The largest absolute Gasteiger partial charge is 0.365 e.